The first-order chi connectivity index (χ1) is 12.6. The van der Waals surface area contributed by atoms with E-state index in [-0.39, 0.29) is 0 Å². The first-order valence-corrected chi connectivity index (χ1v) is 12.5. The van der Waals surface area contributed by atoms with Gasteiger partial charge in [0.2, 0.25) is 0 Å². The molecule has 0 bridgehead atoms. The molecule has 0 aromatic heterocycles. The largest absolute Gasteiger partial charge is 0.500 e. The van der Waals surface area contributed by atoms with Crippen LogP contribution in [0.15, 0.2) is 0 Å². The fraction of sp³-hybridized carbons (Fsp3) is 1.00. The fourth-order valence-electron chi connectivity index (χ4n) is 4.84. The summed E-state index contributed by atoms with van der Waals surface area (Å²) in [5.74, 6) is 1.75. The normalized spacial score (nSPS) is 37.8. The van der Waals surface area contributed by atoms with Crippen molar-refractivity contribution in [3.8, 4) is 0 Å². The van der Waals surface area contributed by atoms with Gasteiger partial charge in [-0.25, -0.2) is 0 Å². The third-order valence-electron chi connectivity index (χ3n) is 6.71. The molecule has 2 aliphatic carbocycles. The zero-order chi connectivity index (χ0) is 18.6. The Morgan fingerprint density at radius 1 is 0.731 bits per heavy atom. The Balaban J connectivity index is 0.000000167. The molecule has 2 aliphatic heterocycles. The van der Waals surface area contributed by atoms with E-state index in [0.29, 0.717) is 24.4 Å². The van der Waals surface area contributed by atoms with E-state index in [1.807, 2.05) is 0 Å². The van der Waals surface area contributed by atoms with Gasteiger partial charge >= 0.3 is 8.80 Å². The molecule has 0 N–H and O–H groups in total. The first-order valence-electron chi connectivity index (χ1n) is 10.6. The van der Waals surface area contributed by atoms with Crippen molar-refractivity contribution < 1.29 is 22.8 Å². The van der Waals surface area contributed by atoms with E-state index in [2.05, 4.69) is 6.92 Å². The predicted molar refractivity (Wildman–Crippen MR) is 103 cm³/mol. The predicted octanol–water partition coefficient (Wildman–Crippen LogP) is 4.18. The van der Waals surface area contributed by atoms with Crippen molar-refractivity contribution in [1.29, 1.82) is 0 Å². The van der Waals surface area contributed by atoms with Crippen LogP contribution >= 0.6 is 0 Å². The molecule has 6 heteroatoms. The van der Waals surface area contributed by atoms with E-state index in [4.69, 9.17) is 22.8 Å². The van der Waals surface area contributed by atoms with E-state index in [1.165, 1.54) is 51.4 Å². The van der Waals surface area contributed by atoms with Crippen LogP contribution in [0.2, 0.25) is 6.04 Å². The molecule has 2 heterocycles. The van der Waals surface area contributed by atoms with Crippen molar-refractivity contribution in [2.75, 3.05) is 21.3 Å². The van der Waals surface area contributed by atoms with E-state index in [9.17, 15) is 0 Å². The summed E-state index contributed by atoms with van der Waals surface area (Å²) < 4.78 is 27.3. The van der Waals surface area contributed by atoms with E-state index in [0.717, 1.165) is 24.3 Å². The molecule has 0 spiro atoms. The maximum Gasteiger partial charge on any atom is 0.500 e. The summed E-state index contributed by atoms with van der Waals surface area (Å²) >= 11 is 0. The first kappa shape index (κ1) is 20.7. The third-order valence-corrected chi connectivity index (χ3v) is 9.48. The van der Waals surface area contributed by atoms with Crippen LogP contribution in [0.4, 0.5) is 0 Å². The number of hydrogen-bond donors (Lipinski definition) is 0. The van der Waals surface area contributed by atoms with Gasteiger partial charge in [-0.2, -0.15) is 0 Å². The quantitative estimate of drug-likeness (QED) is 0.463. The van der Waals surface area contributed by atoms with Crippen LogP contribution in [-0.2, 0) is 22.8 Å². The van der Waals surface area contributed by atoms with Gasteiger partial charge in [0.05, 0.1) is 24.4 Å². The van der Waals surface area contributed by atoms with E-state index in [1.54, 1.807) is 21.3 Å². The van der Waals surface area contributed by atoms with Crippen LogP contribution in [0.5, 0.6) is 0 Å². The molecule has 0 radical (unpaired) electrons. The Bertz CT molecular complexity index is 422. The lowest BCUT2D eigenvalue weighted by molar-refractivity contribution is 0.120. The van der Waals surface area contributed by atoms with Gasteiger partial charge < -0.3 is 22.8 Å². The number of fused-ring (bicyclic) bond motifs is 2. The molecule has 5 nitrogen and oxygen atoms in total. The minimum absolute atomic E-state index is 0.558. The van der Waals surface area contributed by atoms with Gasteiger partial charge in [0.1, 0.15) is 0 Å². The summed E-state index contributed by atoms with van der Waals surface area (Å²) in [6.07, 6.45) is 14.3. The Morgan fingerprint density at radius 3 is 1.65 bits per heavy atom. The second kappa shape index (κ2) is 9.48. The topological polar surface area (TPSA) is 52.8 Å². The Labute approximate surface area is 160 Å². The molecule has 0 amide bonds. The van der Waals surface area contributed by atoms with Gasteiger partial charge in [-0.15, -0.1) is 0 Å². The zero-order valence-electron chi connectivity index (χ0n) is 17.1. The molecule has 4 aliphatic rings. The van der Waals surface area contributed by atoms with Crippen molar-refractivity contribution in [1.82, 2.24) is 0 Å². The van der Waals surface area contributed by atoms with Crippen LogP contribution in [0.3, 0.4) is 0 Å². The summed E-state index contributed by atoms with van der Waals surface area (Å²) in [5, 5.41) is 0. The Hall–Kier alpha value is 0.0169. The molecule has 2 saturated heterocycles. The van der Waals surface area contributed by atoms with Crippen molar-refractivity contribution in [3.63, 3.8) is 0 Å². The van der Waals surface area contributed by atoms with Gasteiger partial charge in [0, 0.05) is 27.4 Å². The van der Waals surface area contributed by atoms with Crippen molar-refractivity contribution in [3.05, 3.63) is 0 Å². The van der Waals surface area contributed by atoms with Crippen LogP contribution in [0, 0.1) is 11.8 Å². The minimum Gasteiger partial charge on any atom is -0.377 e. The highest BCUT2D eigenvalue weighted by Crippen LogP contribution is 2.42. The van der Waals surface area contributed by atoms with E-state index >= 15 is 0 Å². The summed E-state index contributed by atoms with van der Waals surface area (Å²) in [4.78, 5) is 0. The lowest BCUT2D eigenvalue weighted by atomic mass is 9.86. The van der Waals surface area contributed by atoms with Crippen molar-refractivity contribution in [2.24, 2.45) is 11.8 Å². The molecular weight excluding hydrogens is 348 g/mol. The highest BCUT2D eigenvalue weighted by atomic mass is 28.4. The second-order valence-electron chi connectivity index (χ2n) is 8.41. The van der Waals surface area contributed by atoms with Crippen LogP contribution in [-0.4, -0.2) is 54.5 Å². The number of rotatable bonds is 8. The van der Waals surface area contributed by atoms with Crippen molar-refractivity contribution in [2.45, 2.75) is 95.2 Å². The summed E-state index contributed by atoms with van der Waals surface area (Å²) in [6.45, 7) is 2.28. The molecule has 26 heavy (non-hydrogen) atoms. The van der Waals surface area contributed by atoms with Gasteiger partial charge in [0.25, 0.3) is 0 Å². The second-order valence-corrected chi connectivity index (χ2v) is 11.5. The van der Waals surface area contributed by atoms with Gasteiger partial charge in [-0.05, 0) is 56.8 Å². The maximum atomic E-state index is 5.54. The number of epoxide rings is 2. The standard InChI is InChI=1S/C11H22O4Si.C9H16O/c1-12-16(13-2,14-3)7-6-9-4-5-10-11(8-9)15-10;1-2-3-7-4-5-8-9(6-7)10-8/h9-11H,4-8H2,1-3H3;7-9H,2-6H2,1H3. The Morgan fingerprint density at radius 2 is 1.23 bits per heavy atom. The van der Waals surface area contributed by atoms with E-state index < -0.39 is 8.80 Å². The SMILES string of the molecule is CCCC1CCC2OC2C1.CO[Si](CCC1CCC2OC2C1)(OC)OC. The van der Waals surface area contributed by atoms with Gasteiger partial charge in [0.15, 0.2) is 0 Å². The monoisotopic (exact) mass is 386 g/mol. The average Bonchev–Trinajstić information content (AvgIpc) is 3.58. The highest BCUT2D eigenvalue weighted by molar-refractivity contribution is 6.60. The molecule has 4 fully saturated rings. The summed E-state index contributed by atoms with van der Waals surface area (Å²) in [6, 6.07) is 0.915. The van der Waals surface area contributed by atoms with Crippen molar-refractivity contribution >= 4 is 8.80 Å². The molecule has 6 unspecified atom stereocenters. The maximum absolute atomic E-state index is 5.54. The smallest absolute Gasteiger partial charge is 0.377 e. The molecular formula is C20H38O5Si. The third kappa shape index (κ3) is 5.52. The Kier molecular flexibility index (Phi) is 7.56. The average molecular weight is 387 g/mol. The lowest BCUT2D eigenvalue weighted by Crippen LogP contribution is -2.43. The number of ether oxygens (including phenoxy) is 2. The molecule has 0 aromatic carbocycles. The summed E-state index contributed by atoms with van der Waals surface area (Å²) in [7, 11) is 2.69. The zero-order valence-corrected chi connectivity index (χ0v) is 18.1. The van der Waals surface area contributed by atoms with Crippen LogP contribution in [0.25, 0.3) is 0 Å². The van der Waals surface area contributed by atoms with Gasteiger partial charge in [-0.3, -0.25) is 0 Å². The van der Waals surface area contributed by atoms with Crippen LogP contribution in [0.1, 0.15) is 64.7 Å². The molecule has 152 valence electrons. The molecule has 0 aromatic rings. The molecule has 6 atom stereocenters. The minimum atomic E-state index is -2.35. The fourth-order valence-corrected chi connectivity index (χ4v) is 6.72. The molecule has 4 rings (SSSR count). The highest BCUT2D eigenvalue weighted by Gasteiger charge is 2.45. The summed E-state index contributed by atoms with van der Waals surface area (Å²) in [5.41, 5.74) is 0. The van der Waals surface area contributed by atoms with Crippen LogP contribution < -0.4 is 0 Å². The lowest BCUT2D eigenvalue weighted by Gasteiger charge is -2.27. The number of hydrogen-bond acceptors (Lipinski definition) is 5. The van der Waals surface area contributed by atoms with Gasteiger partial charge in [-0.1, -0.05) is 19.8 Å². The molecule has 2 saturated carbocycles.